The molecule has 0 bridgehead atoms. The molecule has 2 aromatic carbocycles. The number of ether oxygens (including phenoxy) is 1. The third-order valence-electron chi connectivity index (χ3n) is 3.04. The number of nitrogen functional groups attached to an aromatic ring is 1. The Hall–Kier alpha value is -2.27. The van der Waals surface area contributed by atoms with Crippen LogP contribution in [0.2, 0.25) is 5.02 Å². The summed E-state index contributed by atoms with van der Waals surface area (Å²) in [4.78, 5) is 4.21. The van der Waals surface area contributed by atoms with E-state index in [1.54, 1.807) is 28.8 Å². The van der Waals surface area contributed by atoms with Gasteiger partial charge in [-0.15, -0.1) is 0 Å². The Bertz CT molecular complexity index is 800. The molecule has 0 amide bonds. The molecule has 102 valence electrons. The van der Waals surface area contributed by atoms with Crippen molar-refractivity contribution in [3.63, 3.8) is 0 Å². The zero-order valence-corrected chi connectivity index (χ0v) is 11.4. The Labute approximate surface area is 119 Å². The Morgan fingerprint density at radius 1 is 1.25 bits per heavy atom. The van der Waals surface area contributed by atoms with E-state index in [-0.39, 0.29) is 11.8 Å². The number of imidazole rings is 1. The minimum atomic E-state index is -0.348. The maximum absolute atomic E-state index is 13.4. The average molecular weight is 292 g/mol. The number of benzene rings is 2. The van der Waals surface area contributed by atoms with Gasteiger partial charge in [0.2, 0.25) is 5.95 Å². The molecule has 3 aromatic rings. The van der Waals surface area contributed by atoms with Crippen LogP contribution < -0.4 is 10.5 Å². The Morgan fingerprint density at radius 3 is 2.80 bits per heavy atom. The number of nitrogens with zero attached hydrogens (tertiary/aromatic N) is 2. The second kappa shape index (κ2) is 4.68. The predicted molar refractivity (Wildman–Crippen MR) is 77.0 cm³/mol. The van der Waals surface area contributed by atoms with E-state index in [4.69, 9.17) is 22.1 Å². The molecule has 2 N–H and O–H groups in total. The molecule has 6 heteroatoms. The van der Waals surface area contributed by atoms with Gasteiger partial charge >= 0.3 is 0 Å². The first-order chi connectivity index (χ1) is 9.60. The summed E-state index contributed by atoms with van der Waals surface area (Å²) < 4.78 is 20.3. The van der Waals surface area contributed by atoms with E-state index in [2.05, 4.69) is 4.98 Å². The Morgan fingerprint density at radius 2 is 2.05 bits per heavy atom. The summed E-state index contributed by atoms with van der Waals surface area (Å²) >= 11 is 6.00. The van der Waals surface area contributed by atoms with Gasteiger partial charge < -0.3 is 10.5 Å². The Balaban J connectivity index is 2.28. The van der Waals surface area contributed by atoms with Crippen LogP contribution in [0.3, 0.4) is 0 Å². The van der Waals surface area contributed by atoms with Crippen LogP contribution in [0, 0.1) is 5.82 Å². The molecule has 1 heterocycles. The number of rotatable bonds is 2. The van der Waals surface area contributed by atoms with Gasteiger partial charge in [-0.3, -0.25) is 4.57 Å². The van der Waals surface area contributed by atoms with Gasteiger partial charge in [0.15, 0.2) is 0 Å². The number of nitrogens with two attached hydrogens (primary N) is 1. The highest BCUT2D eigenvalue weighted by Gasteiger charge is 2.12. The van der Waals surface area contributed by atoms with Crippen molar-refractivity contribution in [2.24, 2.45) is 0 Å². The minimum Gasteiger partial charge on any atom is -0.495 e. The lowest BCUT2D eigenvalue weighted by Gasteiger charge is -2.09. The SMILES string of the molecule is COc1cc(-n2c(N)nc3ccc(F)cc32)ccc1Cl. The molecule has 0 spiro atoms. The van der Waals surface area contributed by atoms with Gasteiger partial charge in [-0.25, -0.2) is 9.37 Å². The van der Waals surface area contributed by atoms with Crippen molar-refractivity contribution >= 4 is 28.6 Å². The monoisotopic (exact) mass is 291 g/mol. The fraction of sp³-hybridized carbons (Fsp3) is 0.0714. The highest BCUT2D eigenvalue weighted by molar-refractivity contribution is 6.32. The van der Waals surface area contributed by atoms with Crippen molar-refractivity contribution in [1.82, 2.24) is 9.55 Å². The highest BCUT2D eigenvalue weighted by atomic mass is 35.5. The maximum Gasteiger partial charge on any atom is 0.205 e. The lowest BCUT2D eigenvalue weighted by Crippen LogP contribution is -2.01. The first-order valence-electron chi connectivity index (χ1n) is 5.87. The zero-order valence-electron chi connectivity index (χ0n) is 10.6. The van der Waals surface area contributed by atoms with Crippen molar-refractivity contribution in [1.29, 1.82) is 0 Å². The van der Waals surface area contributed by atoms with Gasteiger partial charge in [0.05, 0.1) is 28.9 Å². The minimum absolute atomic E-state index is 0.273. The normalized spacial score (nSPS) is 10.9. The standard InChI is InChI=1S/C14H11ClFN3O/c1-20-13-7-9(3-4-10(13)15)19-12-6-8(16)2-5-11(12)18-14(19)17/h2-7H,1H3,(H2,17,18). The Kier molecular flexibility index (Phi) is 2.99. The second-order valence-corrected chi connectivity index (χ2v) is 4.66. The molecule has 0 radical (unpaired) electrons. The topological polar surface area (TPSA) is 53.1 Å². The van der Waals surface area contributed by atoms with Crippen molar-refractivity contribution < 1.29 is 9.13 Å². The van der Waals surface area contributed by atoms with Crippen LogP contribution in [0.4, 0.5) is 10.3 Å². The van der Waals surface area contributed by atoms with Crippen LogP contribution in [0.25, 0.3) is 16.7 Å². The van der Waals surface area contributed by atoms with Crippen molar-refractivity contribution in [2.45, 2.75) is 0 Å². The third kappa shape index (κ3) is 1.96. The molecule has 1 aromatic heterocycles. The number of hydrogen-bond acceptors (Lipinski definition) is 3. The molecular formula is C14H11ClFN3O. The summed E-state index contributed by atoms with van der Waals surface area (Å²) in [5.74, 6) is 0.441. The number of fused-ring (bicyclic) bond motifs is 1. The van der Waals surface area contributed by atoms with Crippen molar-refractivity contribution in [3.05, 3.63) is 47.2 Å². The van der Waals surface area contributed by atoms with Crippen LogP contribution in [0.5, 0.6) is 5.75 Å². The number of methoxy groups -OCH3 is 1. The number of hydrogen-bond donors (Lipinski definition) is 1. The van der Waals surface area contributed by atoms with E-state index < -0.39 is 0 Å². The van der Waals surface area contributed by atoms with Crippen LogP contribution in [-0.2, 0) is 0 Å². The van der Waals surface area contributed by atoms with E-state index >= 15 is 0 Å². The lowest BCUT2D eigenvalue weighted by molar-refractivity contribution is 0.415. The first-order valence-corrected chi connectivity index (χ1v) is 6.25. The maximum atomic E-state index is 13.4. The largest absolute Gasteiger partial charge is 0.495 e. The fourth-order valence-electron chi connectivity index (χ4n) is 2.13. The van der Waals surface area contributed by atoms with Crippen LogP contribution >= 0.6 is 11.6 Å². The molecule has 4 nitrogen and oxygen atoms in total. The van der Waals surface area contributed by atoms with Gasteiger partial charge in [-0.05, 0) is 24.3 Å². The van der Waals surface area contributed by atoms with Crippen molar-refractivity contribution in [2.75, 3.05) is 12.8 Å². The van der Waals surface area contributed by atoms with E-state index in [1.165, 1.54) is 19.2 Å². The quantitative estimate of drug-likeness (QED) is 0.787. The second-order valence-electron chi connectivity index (χ2n) is 4.26. The smallest absolute Gasteiger partial charge is 0.205 e. The molecular weight excluding hydrogens is 281 g/mol. The lowest BCUT2D eigenvalue weighted by atomic mass is 10.2. The predicted octanol–water partition coefficient (Wildman–Crippen LogP) is 3.41. The number of halogens is 2. The van der Waals surface area contributed by atoms with Gasteiger partial charge in [0, 0.05) is 12.1 Å². The molecule has 0 saturated carbocycles. The molecule has 0 aliphatic carbocycles. The van der Waals surface area contributed by atoms with E-state index in [9.17, 15) is 4.39 Å². The molecule has 0 atom stereocenters. The van der Waals surface area contributed by atoms with Gasteiger partial charge in [-0.1, -0.05) is 11.6 Å². The summed E-state index contributed by atoms with van der Waals surface area (Å²) in [6.45, 7) is 0. The number of anilines is 1. The molecule has 0 fully saturated rings. The van der Waals surface area contributed by atoms with Crippen LogP contribution in [0.15, 0.2) is 36.4 Å². The summed E-state index contributed by atoms with van der Waals surface area (Å²) in [6.07, 6.45) is 0. The third-order valence-corrected chi connectivity index (χ3v) is 3.35. The van der Waals surface area contributed by atoms with Gasteiger partial charge in [0.25, 0.3) is 0 Å². The summed E-state index contributed by atoms with van der Waals surface area (Å²) in [6, 6.07) is 9.52. The van der Waals surface area contributed by atoms with E-state index in [0.29, 0.717) is 27.5 Å². The molecule has 0 unspecified atom stereocenters. The van der Waals surface area contributed by atoms with Crippen molar-refractivity contribution in [3.8, 4) is 11.4 Å². The number of aromatic nitrogens is 2. The fourth-order valence-corrected chi connectivity index (χ4v) is 2.32. The summed E-state index contributed by atoms with van der Waals surface area (Å²) in [5.41, 5.74) is 7.84. The van der Waals surface area contributed by atoms with Crippen LogP contribution in [0.1, 0.15) is 0 Å². The molecule has 0 saturated heterocycles. The highest BCUT2D eigenvalue weighted by Crippen LogP contribution is 2.30. The summed E-state index contributed by atoms with van der Waals surface area (Å²) in [7, 11) is 1.53. The first kappa shape index (κ1) is 12.7. The molecule has 0 aliphatic rings. The summed E-state index contributed by atoms with van der Waals surface area (Å²) in [5, 5.41) is 0.491. The van der Waals surface area contributed by atoms with Crippen LogP contribution in [-0.4, -0.2) is 16.7 Å². The zero-order chi connectivity index (χ0) is 14.3. The van der Waals surface area contributed by atoms with E-state index in [0.717, 1.165) is 0 Å². The van der Waals surface area contributed by atoms with Gasteiger partial charge in [-0.2, -0.15) is 0 Å². The molecule has 3 rings (SSSR count). The average Bonchev–Trinajstić information content (AvgIpc) is 2.75. The molecule has 0 aliphatic heterocycles. The van der Waals surface area contributed by atoms with E-state index in [1.807, 2.05) is 0 Å². The molecule has 20 heavy (non-hydrogen) atoms. The van der Waals surface area contributed by atoms with Gasteiger partial charge in [0.1, 0.15) is 11.6 Å².